The predicted molar refractivity (Wildman–Crippen MR) is 556 cm³/mol. The number of aromatic amines is 2. The molecule has 149 heavy (non-hydrogen) atoms. The van der Waals surface area contributed by atoms with Crippen LogP contribution in [0.4, 0.5) is 0 Å². The van der Waals surface area contributed by atoms with Gasteiger partial charge in [0.25, 0.3) is 11.1 Å². The number of aromatic nitrogens is 4. The van der Waals surface area contributed by atoms with Gasteiger partial charge in [0, 0.05) is 34.6 Å². The molecule has 30 nitrogen and oxygen atoms in total. The van der Waals surface area contributed by atoms with Crippen molar-refractivity contribution in [3.05, 3.63) is 507 Å². The van der Waals surface area contributed by atoms with Gasteiger partial charge in [-0.1, -0.05) is 242 Å². The first-order valence-corrected chi connectivity index (χ1v) is 50.3. The molecule has 35 heteroatoms. The summed E-state index contributed by atoms with van der Waals surface area (Å²) in [5, 5.41) is 0.721. The van der Waals surface area contributed by atoms with Crippen molar-refractivity contribution in [3.63, 3.8) is 0 Å². The summed E-state index contributed by atoms with van der Waals surface area (Å²) in [5.74, 6) is 4.44. The number of nitrogens with zero attached hydrogens (tertiary/aromatic N) is 2. The number of phosphoric ester groups is 2. The van der Waals surface area contributed by atoms with Crippen LogP contribution in [0.5, 0.6) is 57.5 Å². The molecule has 0 radical (unpaired) electrons. The quantitative estimate of drug-likeness (QED) is 0.0205. The first-order valence-electron chi connectivity index (χ1n) is 46.6. The maximum absolute atomic E-state index is 14.2. The molecule has 2 aliphatic heterocycles. The summed E-state index contributed by atoms with van der Waals surface area (Å²) in [6, 6.07) is 110. The third-order valence-electron chi connectivity index (χ3n) is 25.6. The Hall–Kier alpha value is -13.3. The Balaban J connectivity index is 0.000000211. The predicted octanol–water partition coefficient (Wildman–Crippen LogP) is 18.5. The van der Waals surface area contributed by atoms with E-state index in [9.17, 15) is 38.1 Å². The average molecular weight is 2210 g/mol. The van der Waals surface area contributed by atoms with E-state index in [-0.39, 0.29) is 60.4 Å². The zero-order valence-corrected chi connectivity index (χ0v) is 89.6. The summed E-state index contributed by atoms with van der Waals surface area (Å²) in [5.41, 5.74) is -2.00. The van der Waals surface area contributed by atoms with Crippen LogP contribution < -0.4 is 79.2 Å². The van der Waals surface area contributed by atoms with Gasteiger partial charge in [0.2, 0.25) is 0 Å². The molecule has 2 saturated heterocycles. The van der Waals surface area contributed by atoms with Gasteiger partial charge < -0.3 is 94.2 Å². The van der Waals surface area contributed by atoms with Gasteiger partial charge in [0.15, 0.2) is 12.5 Å². The fourth-order valence-corrected chi connectivity index (χ4v) is 20.3. The SMILES string of the molecule is COc1ccc(C(O[C@@H]2[C@H](OC(c3ccccc3)(c3ccc(OC)cc3)c3ccc(OC)cc3)[C@@H](COP(=O)([O-])Oc3ccc(Cl)cc3)O[C@H]2n2ccc(=O)[nH]c2=O)(c2ccccc2)c2ccc(OC)cc2)cc1.COc1ccc(C(O[C@@H]2[C@H](OC(c3ccccc3)(c3ccc(OC)cc3)c3ccc(OC)cc3)[C@@H](COP(=O)([O-])Oc3ccc(Cl)cc3)O[C@H]2n2ccc(=O)[nH]c2=O)(c2ccccc2)c2ccc(OC)cc2)cc1.[Ba+2]. The Morgan fingerprint density at radius 1 is 0.275 bits per heavy atom. The van der Waals surface area contributed by atoms with E-state index >= 15 is 0 Å². The summed E-state index contributed by atoms with van der Waals surface area (Å²) in [6.07, 6.45) is -8.82. The Bertz CT molecular complexity index is 6840. The second kappa shape index (κ2) is 48.5. The zero-order chi connectivity index (χ0) is 104. The number of H-pyrrole nitrogens is 2. The molecular formula is C114H102BaCl2N4O26P2. The van der Waals surface area contributed by atoms with Crippen LogP contribution in [0.3, 0.4) is 0 Å². The van der Waals surface area contributed by atoms with Crippen LogP contribution in [0, 0.1) is 0 Å². The number of hydrogen-bond donors (Lipinski definition) is 2. The molecule has 2 aliphatic rings. The Morgan fingerprint density at radius 2 is 0.463 bits per heavy atom. The zero-order valence-electron chi connectivity index (χ0n) is 81.8. The van der Waals surface area contributed by atoms with E-state index in [1.807, 2.05) is 218 Å². The van der Waals surface area contributed by atoms with Crippen molar-refractivity contribution in [1.82, 2.24) is 19.1 Å². The van der Waals surface area contributed by atoms with Crippen molar-refractivity contribution in [2.24, 2.45) is 0 Å². The van der Waals surface area contributed by atoms with Crippen molar-refractivity contribution in [2.75, 3.05) is 70.1 Å². The molecule has 10 atom stereocenters. The number of rotatable bonds is 40. The molecule has 0 amide bonds. The minimum atomic E-state index is -5.22. The van der Waals surface area contributed by atoms with Gasteiger partial charge in [-0.05, 0) is 212 Å². The van der Waals surface area contributed by atoms with Gasteiger partial charge in [-0.15, -0.1) is 0 Å². The number of methoxy groups -OCH3 is 8. The van der Waals surface area contributed by atoms with E-state index in [4.69, 9.17) is 108 Å². The minimum Gasteiger partial charge on any atom is -0.746 e. The van der Waals surface area contributed by atoms with E-state index in [1.54, 1.807) is 154 Å². The van der Waals surface area contributed by atoms with Crippen LogP contribution in [0.2, 0.25) is 10.0 Å². The van der Waals surface area contributed by atoms with E-state index in [1.165, 1.54) is 82.2 Å². The average Bonchev–Trinajstić information content (AvgIpc) is 1.65. The summed E-state index contributed by atoms with van der Waals surface area (Å²) in [7, 11) is 2.10. The van der Waals surface area contributed by atoms with Crippen LogP contribution >= 0.6 is 38.8 Å². The number of phosphoric acid groups is 2. The first-order chi connectivity index (χ1) is 71.8. The first kappa shape index (κ1) is 108. The molecule has 0 bridgehead atoms. The molecule has 2 N–H and O–H groups in total. The van der Waals surface area contributed by atoms with Crippen LogP contribution in [0.25, 0.3) is 0 Å². The molecule has 4 heterocycles. The van der Waals surface area contributed by atoms with Crippen LogP contribution in [0.1, 0.15) is 79.2 Å². The van der Waals surface area contributed by atoms with Crippen LogP contribution in [-0.2, 0) is 69.0 Å². The third-order valence-corrected chi connectivity index (χ3v) is 27.9. The van der Waals surface area contributed by atoms with Gasteiger partial charge >= 0.3 is 75.9 Å². The largest absolute Gasteiger partial charge is 2.00 e. The molecule has 760 valence electrons. The Labute approximate surface area is 908 Å². The third kappa shape index (κ3) is 23.9. The van der Waals surface area contributed by atoms with Gasteiger partial charge in [0.05, 0.1) is 70.1 Å². The molecule has 2 unspecified atom stereocenters. The smallest absolute Gasteiger partial charge is 0.746 e. The van der Waals surface area contributed by atoms with Crippen LogP contribution in [-0.4, -0.2) is 175 Å². The number of halogens is 2. The standard InChI is InChI=1S/2C57H52ClN2O13P.Ba/c2*1-65-45-25-15-40(16-26-45)56(38-11-7-5-8-12-38,41-17-27-46(66-2)28-18-41)71-52-50(37-69-74(63,64)73-49-33-23-44(58)24-34-49)70-54(60-36-35-51(61)59-55(60)62)53(52)72-57(39-13-9-6-10-14-39,42-19-29-47(67-3)30-20-42)43-21-31-48(68-4)32-22-43;/h2*5-36,50,52-54H,37H2,1-4H3,(H,63,64)(H,59,61,62);/q;;+2/p-2/t2*50-,52-,53-,54-;/m11./s1. The maximum atomic E-state index is 14.2. The normalized spacial score (nSPS) is 17.4. The monoisotopic (exact) mass is 2210 g/mol. The summed E-state index contributed by atoms with van der Waals surface area (Å²) in [6.45, 7) is -1.46. The number of ether oxygens (including phenoxy) is 14. The summed E-state index contributed by atoms with van der Waals surface area (Å²) < 4.78 is 143. The molecule has 0 spiro atoms. The molecule has 2 aromatic heterocycles. The van der Waals surface area contributed by atoms with E-state index in [0.29, 0.717) is 123 Å². The fraction of sp³-hybridized carbons (Fsp3) is 0.193. The molecule has 14 aromatic carbocycles. The molecule has 2 fully saturated rings. The second-order valence-electron chi connectivity index (χ2n) is 34.1. The van der Waals surface area contributed by atoms with Crippen molar-refractivity contribution in [2.45, 2.75) is 71.5 Å². The Kier molecular flexibility index (Phi) is 35.3. The van der Waals surface area contributed by atoms with Gasteiger partial charge in [-0.2, -0.15) is 0 Å². The van der Waals surface area contributed by atoms with Crippen molar-refractivity contribution in [3.8, 4) is 57.5 Å². The van der Waals surface area contributed by atoms with Gasteiger partial charge in [-0.3, -0.25) is 37.8 Å². The molecule has 0 saturated carbocycles. The van der Waals surface area contributed by atoms with Crippen molar-refractivity contribution >= 4 is 87.7 Å². The van der Waals surface area contributed by atoms with Crippen molar-refractivity contribution < 1.29 is 103 Å². The van der Waals surface area contributed by atoms with E-state index in [2.05, 4.69) is 9.97 Å². The van der Waals surface area contributed by atoms with E-state index in [0.717, 1.165) is 0 Å². The topological polar surface area (TPSA) is 356 Å². The molecule has 0 aliphatic carbocycles. The summed E-state index contributed by atoms with van der Waals surface area (Å²) >= 11 is 12.2. The number of benzene rings is 14. The second-order valence-corrected chi connectivity index (χ2v) is 37.6. The number of nitrogens with one attached hydrogen (secondary N) is 2. The van der Waals surface area contributed by atoms with E-state index < -0.39 is 123 Å². The molecule has 18 rings (SSSR count). The molecular weight excluding hydrogens is 2110 g/mol. The van der Waals surface area contributed by atoms with Crippen LogP contribution in [0.15, 0.2) is 408 Å². The fourth-order valence-electron chi connectivity index (χ4n) is 18.5. The van der Waals surface area contributed by atoms with Crippen molar-refractivity contribution in [1.29, 1.82) is 0 Å². The maximum Gasteiger partial charge on any atom is 2.00 e. The molecule has 16 aromatic rings. The van der Waals surface area contributed by atoms with Gasteiger partial charge in [-0.25, -0.2) is 9.59 Å². The van der Waals surface area contributed by atoms with Gasteiger partial charge in [0.1, 0.15) is 117 Å². The minimum absolute atomic E-state index is 0. The number of hydrogen-bond acceptors (Lipinski definition) is 26. The Morgan fingerprint density at radius 3 is 0.658 bits per heavy atom. The summed E-state index contributed by atoms with van der Waals surface area (Å²) in [4.78, 5) is 86.6.